The molecule has 4 fully saturated rings. The fraction of sp³-hybridized carbons (Fsp3) is 0.893. The summed E-state index contributed by atoms with van der Waals surface area (Å²) in [5, 5.41) is 3.46. The Kier molecular flexibility index (Phi) is 7.56. The molecule has 1 spiro atoms. The Morgan fingerprint density at radius 1 is 1.15 bits per heavy atom. The van der Waals surface area contributed by atoms with Crippen molar-refractivity contribution in [3.8, 4) is 0 Å². The molecular formula is C28H47NO5. The molecule has 1 N–H and O–H groups in total. The average molecular weight is 478 g/mol. The van der Waals surface area contributed by atoms with Crippen molar-refractivity contribution in [1.82, 2.24) is 5.32 Å². The quantitative estimate of drug-likeness (QED) is 0.308. The van der Waals surface area contributed by atoms with E-state index in [1.807, 2.05) is 0 Å². The SMILES string of the molecule is CO[C@@H]1[C@H](OC(=O)CNC2CCC(C(C)(C)C)CC2)CC[C@]2(CO2)[C@H]1[C@@]1(C)OC1CC=C(C)C. The molecule has 0 aromatic rings. The molecule has 2 saturated carbocycles. The molecule has 194 valence electrons. The lowest BCUT2D eigenvalue weighted by Crippen LogP contribution is -2.56. The summed E-state index contributed by atoms with van der Waals surface area (Å²) < 4.78 is 24.3. The minimum atomic E-state index is -0.307. The van der Waals surface area contributed by atoms with Crippen molar-refractivity contribution in [3.63, 3.8) is 0 Å². The topological polar surface area (TPSA) is 72.6 Å². The smallest absolute Gasteiger partial charge is 0.320 e. The third kappa shape index (κ3) is 5.55. The van der Waals surface area contributed by atoms with Gasteiger partial charge in [-0.05, 0) is 77.0 Å². The Labute approximate surface area is 206 Å². The van der Waals surface area contributed by atoms with E-state index in [1.54, 1.807) is 7.11 Å². The van der Waals surface area contributed by atoms with E-state index in [2.05, 4.69) is 52.9 Å². The molecule has 4 aliphatic rings. The molecule has 2 saturated heterocycles. The number of carbonyl (C=O) groups excluding carboxylic acids is 1. The summed E-state index contributed by atoms with van der Waals surface area (Å²) in [6.07, 6.45) is 9.17. The summed E-state index contributed by atoms with van der Waals surface area (Å²) in [4.78, 5) is 12.8. The van der Waals surface area contributed by atoms with E-state index < -0.39 is 0 Å². The summed E-state index contributed by atoms with van der Waals surface area (Å²) in [6.45, 7) is 14.4. The van der Waals surface area contributed by atoms with E-state index in [4.69, 9.17) is 18.9 Å². The second-order valence-corrected chi connectivity index (χ2v) is 12.7. The van der Waals surface area contributed by atoms with Crippen LogP contribution < -0.4 is 5.32 Å². The van der Waals surface area contributed by atoms with Crippen LogP contribution in [0.4, 0.5) is 0 Å². The van der Waals surface area contributed by atoms with Gasteiger partial charge in [0.05, 0.1) is 25.2 Å². The summed E-state index contributed by atoms with van der Waals surface area (Å²) in [5.74, 6) is 0.648. The molecule has 6 nitrogen and oxygen atoms in total. The van der Waals surface area contributed by atoms with Crippen LogP contribution in [0.1, 0.15) is 86.5 Å². The van der Waals surface area contributed by atoms with Gasteiger partial charge in [0, 0.05) is 13.2 Å². The number of epoxide rings is 2. The van der Waals surface area contributed by atoms with E-state index in [0.717, 1.165) is 44.6 Å². The number of hydrogen-bond acceptors (Lipinski definition) is 6. The van der Waals surface area contributed by atoms with Gasteiger partial charge in [-0.2, -0.15) is 0 Å². The number of nitrogens with one attached hydrogen (secondary N) is 1. The van der Waals surface area contributed by atoms with Gasteiger partial charge in [-0.3, -0.25) is 4.79 Å². The maximum Gasteiger partial charge on any atom is 0.320 e. The maximum absolute atomic E-state index is 12.8. The van der Waals surface area contributed by atoms with Gasteiger partial charge in [0.15, 0.2) is 0 Å². The van der Waals surface area contributed by atoms with Crippen molar-refractivity contribution in [2.75, 3.05) is 20.3 Å². The first-order valence-electron chi connectivity index (χ1n) is 13.4. The molecule has 4 rings (SSSR count). The molecule has 0 aromatic carbocycles. The number of methoxy groups -OCH3 is 1. The van der Waals surface area contributed by atoms with E-state index >= 15 is 0 Å². The molecule has 0 bridgehead atoms. The Bertz CT molecular complexity index is 757. The molecule has 6 heteroatoms. The molecule has 2 heterocycles. The molecular weight excluding hydrogens is 430 g/mol. The van der Waals surface area contributed by atoms with Gasteiger partial charge < -0.3 is 24.3 Å². The predicted molar refractivity (Wildman–Crippen MR) is 133 cm³/mol. The second kappa shape index (κ2) is 9.84. The van der Waals surface area contributed by atoms with Crippen molar-refractivity contribution in [2.45, 2.75) is 122 Å². The van der Waals surface area contributed by atoms with Gasteiger partial charge in [-0.25, -0.2) is 0 Å². The van der Waals surface area contributed by atoms with Crippen LogP contribution in [-0.2, 0) is 23.7 Å². The lowest BCUT2D eigenvalue weighted by atomic mass is 9.68. The molecule has 6 atom stereocenters. The number of esters is 1. The molecule has 34 heavy (non-hydrogen) atoms. The van der Waals surface area contributed by atoms with Crippen LogP contribution in [0.2, 0.25) is 0 Å². The Hall–Kier alpha value is -0.950. The molecule has 1 unspecified atom stereocenters. The molecule has 0 radical (unpaired) electrons. The van der Waals surface area contributed by atoms with Crippen LogP contribution in [0.3, 0.4) is 0 Å². The van der Waals surface area contributed by atoms with Gasteiger partial charge >= 0.3 is 5.97 Å². The lowest BCUT2D eigenvalue weighted by molar-refractivity contribution is -0.171. The number of rotatable bonds is 8. The Morgan fingerprint density at radius 2 is 1.82 bits per heavy atom. The van der Waals surface area contributed by atoms with Crippen molar-refractivity contribution < 1.29 is 23.7 Å². The maximum atomic E-state index is 12.8. The van der Waals surface area contributed by atoms with Crippen molar-refractivity contribution in [2.24, 2.45) is 17.3 Å². The highest BCUT2D eigenvalue weighted by Gasteiger charge is 2.72. The zero-order valence-electron chi connectivity index (χ0n) is 22.4. The standard InChI is InChI=1S/C28H47NO5/c1-18(2)8-13-22-27(6,34-22)25-24(31-7)21(14-15-28(25)17-32-28)33-23(30)16-29-20-11-9-19(10-12-20)26(3,4)5/h8,19-22,24-25,29H,9-17H2,1-7H3/t19?,20?,21-,22?,24-,25-,27+,28+/m1/s1. The first kappa shape index (κ1) is 26.1. The van der Waals surface area contributed by atoms with Gasteiger partial charge in [0.2, 0.25) is 0 Å². The van der Waals surface area contributed by atoms with Crippen molar-refractivity contribution in [3.05, 3.63) is 11.6 Å². The van der Waals surface area contributed by atoms with Crippen LogP contribution in [-0.4, -0.2) is 61.8 Å². The van der Waals surface area contributed by atoms with Gasteiger partial charge in [0.25, 0.3) is 0 Å². The molecule has 0 amide bonds. The average Bonchev–Trinajstić information content (AvgIpc) is 3.69. The zero-order chi connectivity index (χ0) is 24.7. The van der Waals surface area contributed by atoms with E-state index in [1.165, 1.54) is 18.4 Å². The van der Waals surface area contributed by atoms with Crippen molar-refractivity contribution in [1.29, 1.82) is 0 Å². The summed E-state index contributed by atoms with van der Waals surface area (Å²) in [6, 6.07) is 0.404. The van der Waals surface area contributed by atoms with Gasteiger partial charge in [0.1, 0.15) is 23.4 Å². The number of hydrogen-bond donors (Lipinski definition) is 1. The summed E-state index contributed by atoms with van der Waals surface area (Å²) >= 11 is 0. The van der Waals surface area contributed by atoms with E-state index in [0.29, 0.717) is 11.5 Å². The first-order chi connectivity index (χ1) is 16.0. The minimum absolute atomic E-state index is 0.0627. The fourth-order valence-electron chi connectivity index (χ4n) is 6.67. The number of ether oxygens (including phenoxy) is 4. The predicted octanol–water partition coefficient (Wildman–Crippen LogP) is 4.80. The fourth-order valence-corrected chi connectivity index (χ4v) is 6.67. The highest BCUT2D eigenvalue weighted by Crippen LogP contribution is 2.59. The molecule has 2 aliphatic carbocycles. The van der Waals surface area contributed by atoms with Crippen LogP contribution in [0, 0.1) is 17.3 Å². The second-order valence-electron chi connectivity index (χ2n) is 12.7. The highest BCUT2D eigenvalue weighted by molar-refractivity contribution is 5.72. The first-order valence-corrected chi connectivity index (χ1v) is 13.4. The molecule has 2 aliphatic heterocycles. The van der Waals surface area contributed by atoms with Crippen LogP contribution in [0.5, 0.6) is 0 Å². The summed E-state index contributed by atoms with van der Waals surface area (Å²) in [5.41, 5.74) is 1.17. The Balaban J connectivity index is 1.31. The van der Waals surface area contributed by atoms with E-state index in [9.17, 15) is 4.79 Å². The van der Waals surface area contributed by atoms with Gasteiger partial charge in [-0.1, -0.05) is 32.4 Å². The summed E-state index contributed by atoms with van der Waals surface area (Å²) in [7, 11) is 1.72. The largest absolute Gasteiger partial charge is 0.459 e. The zero-order valence-corrected chi connectivity index (χ0v) is 22.4. The number of allylic oxidation sites excluding steroid dienone is 1. The van der Waals surface area contributed by atoms with Crippen LogP contribution in [0.15, 0.2) is 11.6 Å². The minimum Gasteiger partial charge on any atom is -0.459 e. The number of carbonyl (C=O) groups is 1. The molecule has 0 aromatic heterocycles. The van der Waals surface area contributed by atoms with Crippen molar-refractivity contribution >= 4 is 5.97 Å². The third-order valence-corrected chi connectivity index (χ3v) is 9.01. The van der Waals surface area contributed by atoms with Crippen LogP contribution in [0.25, 0.3) is 0 Å². The lowest BCUT2D eigenvalue weighted by Gasteiger charge is -2.42. The van der Waals surface area contributed by atoms with E-state index in [-0.39, 0.29) is 47.9 Å². The highest BCUT2D eigenvalue weighted by atomic mass is 16.6. The van der Waals surface area contributed by atoms with Gasteiger partial charge in [-0.15, -0.1) is 0 Å². The Morgan fingerprint density at radius 3 is 2.38 bits per heavy atom. The van der Waals surface area contributed by atoms with Crippen LogP contribution >= 0.6 is 0 Å². The normalized spacial score (nSPS) is 41.7. The third-order valence-electron chi connectivity index (χ3n) is 9.01. The monoisotopic (exact) mass is 477 g/mol.